The summed E-state index contributed by atoms with van der Waals surface area (Å²) in [5, 5.41) is 3.95. The van der Waals surface area contributed by atoms with Crippen molar-refractivity contribution in [3.8, 4) is 5.88 Å². The number of aromatic nitrogens is 1. The maximum atomic E-state index is 13.9. The van der Waals surface area contributed by atoms with Crippen LogP contribution in [-0.2, 0) is 0 Å². The molecular formula is C14H14F2N2O. The number of pyridine rings is 1. The largest absolute Gasteiger partial charge is 0.474 e. The lowest BCUT2D eigenvalue weighted by atomic mass is 10.1. The Kier molecular flexibility index (Phi) is 3.29. The molecule has 0 atom stereocenters. The van der Waals surface area contributed by atoms with Crippen LogP contribution in [0.15, 0.2) is 24.4 Å². The fourth-order valence-corrected chi connectivity index (χ4v) is 2.36. The van der Waals surface area contributed by atoms with Crippen LogP contribution in [0, 0.1) is 11.6 Å². The maximum Gasteiger partial charge on any atom is 0.224 e. The fraction of sp³-hybridized carbons (Fsp3) is 0.357. The van der Waals surface area contributed by atoms with E-state index >= 15 is 0 Å². The van der Waals surface area contributed by atoms with E-state index in [0.717, 1.165) is 32.0 Å². The summed E-state index contributed by atoms with van der Waals surface area (Å²) in [6, 6.07) is 3.73. The van der Waals surface area contributed by atoms with Crippen LogP contribution in [0.25, 0.3) is 10.8 Å². The number of hydrogen-bond donors (Lipinski definition) is 1. The Morgan fingerprint density at radius 1 is 1.21 bits per heavy atom. The van der Waals surface area contributed by atoms with Crippen molar-refractivity contribution in [2.75, 3.05) is 13.1 Å². The van der Waals surface area contributed by atoms with Crippen LogP contribution in [0.5, 0.6) is 5.88 Å². The standard InChI is InChI=1S/C14H14F2N2O/c15-10-7-9-1-6-18-14(13(9)12(16)8-10)19-11-2-4-17-5-3-11/h1,6-8,11,17H,2-5H2. The molecule has 100 valence electrons. The monoisotopic (exact) mass is 264 g/mol. The van der Waals surface area contributed by atoms with Crippen molar-refractivity contribution in [1.82, 2.24) is 10.3 Å². The first kappa shape index (κ1) is 12.3. The van der Waals surface area contributed by atoms with Crippen LogP contribution in [0.4, 0.5) is 8.78 Å². The third-order valence-electron chi connectivity index (χ3n) is 3.31. The third kappa shape index (κ3) is 2.51. The summed E-state index contributed by atoms with van der Waals surface area (Å²) in [7, 11) is 0. The molecule has 5 heteroatoms. The number of nitrogens with one attached hydrogen (secondary N) is 1. The second-order valence-corrected chi connectivity index (χ2v) is 4.67. The van der Waals surface area contributed by atoms with Crippen molar-refractivity contribution in [3.05, 3.63) is 36.0 Å². The molecule has 1 aliphatic rings. The van der Waals surface area contributed by atoms with Gasteiger partial charge in [-0.3, -0.25) is 0 Å². The molecule has 3 rings (SSSR count). The van der Waals surface area contributed by atoms with Gasteiger partial charge in [-0.25, -0.2) is 13.8 Å². The van der Waals surface area contributed by atoms with Crippen LogP contribution < -0.4 is 10.1 Å². The fourth-order valence-electron chi connectivity index (χ4n) is 2.36. The summed E-state index contributed by atoms with van der Waals surface area (Å²) >= 11 is 0. The predicted octanol–water partition coefficient (Wildman–Crippen LogP) is 2.64. The minimum absolute atomic E-state index is 0.0313. The molecule has 0 amide bonds. The number of ether oxygens (including phenoxy) is 1. The topological polar surface area (TPSA) is 34.1 Å². The van der Waals surface area contributed by atoms with Gasteiger partial charge in [-0.05, 0) is 43.5 Å². The van der Waals surface area contributed by atoms with Crippen LogP contribution in [0.2, 0.25) is 0 Å². The third-order valence-corrected chi connectivity index (χ3v) is 3.31. The summed E-state index contributed by atoms with van der Waals surface area (Å²) in [6.07, 6.45) is 3.27. The van der Waals surface area contributed by atoms with E-state index in [1.54, 1.807) is 6.07 Å². The van der Waals surface area contributed by atoms with E-state index < -0.39 is 11.6 Å². The number of rotatable bonds is 2. The Morgan fingerprint density at radius 3 is 2.79 bits per heavy atom. The summed E-state index contributed by atoms with van der Waals surface area (Å²) in [5.74, 6) is -0.974. The van der Waals surface area contributed by atoms with Crippen molar-refractivity contribution >= 4 is 10.8 Å². The average Bonchev–Trinajstić information content (AvgIpc) is 2.39. The second kappa shape index (κ2) is 5.09. The molecule has 0 bridgehead atoms. The SMILES string of the molecule is Fc1cc(F)c2c(OC3CCNCC3)nccc2c1. The Labute approximate surface area is 109 Å². The summed E-state index contributed by atoms with van der Waals surface area (Å²) < 4.78 is 32.8. The van der Waals surface area contributed by atoms with Gasteiger partial charge in [-0.2, -0.15) is 0 Å². The van der Waals surface area contributed by atoms with Gasteiger partial charge < -0.3 is 10.1 Å². The van der Waals surface area contributed by atoms with Crippen LogP contribution in [0.1, 0.15) is 12.8 Å². The normalized spacial score (nSPS) is 16.7. The Bertz CT molecular complexity index is 597. The zero-order valence-electron chi connectivity index (χ0n) is 10.3. The van der Waals surface area contributed by atoms with E-state index in [1.807, 2.05) is 0 Å². The number of halogens is 2. The Hall–Kier alpha value is -1.75. The van der Waals surface area contributed by atoms with E-state index in [9.17, 15) is 8.78 Å². The first-order chi connectivity index (χ1) is 9.24. The minimum Gasteiger partial charge on any atom is -0.474 e. The first-order valence-corrected chi connectivity index (χ1v) is 6.35. The van der Waals surface area contributed by atoms with Crippen molar-refractivity contribution in [2.45, 2.75) is 18.9 Å². The van der Waals surface area contributed by atoms with Crippen molar-refractivity contribution < 1.29 is 13.5 Å². The molecule has 1 aromatic heterocycles. The van der Waals surface area contributed by atoms with Crippen LogP contribution in [-0.4, -0.2) is 24.2 Å². The molecule has 1 saturated heterocycles. The van der Waals surface area contributed by atoms with Crippen molar-refractivity contribution in [3.63, 3.8) is 0 Å². The zero-order valence-corrected chi connectivity index (χ0v) is 10.3. The summed E-state index contributed by atoms with van der Waals surface area (Å²) in [4.78, 5) is 4.09. The van der Waals surface area contributed by atoms with Gasteiger partial charge in [0.05, 0.1) is 5.39 Å². The number of fused-ring (bicyclic) bond motifs is 1. The van der Waals surface area contributed by atoms with E-state index in [2.05, 4.69) is 10.3 Å². The lowest BCUT2D eigenvalue weighted by molar-refractivity contribution is 0.158. The smallest absolute Gasteiger partial charge is 0.224 e. The highest BCUT2D eigenvalue weighted by Gasteiger charge is 2.18. The molecule has 0 radical (unpaired) electrons. The van der Waals surface area contributed by atoms with Gasteiger partial charge in [0.1, 0.15) is 17.7 Å². The highest BCUT2D eigenvalue weighted by molar-refractivity contribution is 5.87. The summed E-state index contributed by atoms with van der Waals surface area (Å²) in [6.45, 7) is 1.76. The molecule has 0 spiro atoms. The lowest BCUT2D eigenvalue weighted by Gasteiger charge is -2.23. The minimum atomic E-state index is -0.632. The van der Waals surface area contributed by atoms with E-state index in [-0.39, 0.29) is 17.4 Å². The Balaban J connectivity index is 1.98. The molecule has 1 aliphatic heterocycles. The second-order valence-electron chi connectivity index (χ2n) is 4.67. The maximum absolute atomic E-state index is 13.9. The number of nitrogens with zero attached hydrogens (tertiary/aromatic N) is 1. The molecule has 0 aliphatic carbocycles. The van der Waals surface area contributed by atoms with Crippen molar-refractivity contribution in [1.29, 1.82) is 0 Å². The number of hydrogen-bond acceptors (Lipinski definition) is 3. The van der Waals surface area contributed by atoms with Gasteiger partial charge in [-0.1, -0.05) is 0 Å². The molecule has 19 heavy (non-hydrogen) atoms. The van der Waals surface area contributed by atoms with Gasteiger partial charge in [0, 0.05) is 12.3 Å². The number of piperidine rings is 1. The van der Waals surface area contributed by atoms with Gasteiger partial charge in [0.15, 0.2) is 0 Å². The highest BCUT2D eigenvalue weighted by atomic mass is 19.1. The average molecular weight is 264 g/mol. The molecule has 0 unspecified atom stereocenters. The van der Waals surface area contributed by atoms with Crippen LogP contribution >= 0.6 is 0 Å². The molecule has 1 N–H and O–H groups in total. The van der Waals surface area contributed by atoms with E-state index in [1.165, 1.54) is 12.3 Å². The molecule has 0 saturated carbocycles. The highest BCUT2D eigenvalue weighted by Crippen LogP contribution is 2.28. The first-order valence-electron chi connectivity index (χ1n) is 6.35. The molecule has 2 aromatic rings. The summed E-state index contributed by atoms with van der Waals surface area (Å²) in [5.41, 5.74) is 0. The quantitative estimate of drug-likeness (QED) is 0.905. The van der Waals surface area contributed by atoms with Gasteiger partial charge in [0.2, 0.25) is 5.88 Å². The van der Waals surface area contributed by atoms with E-state index in [4.69, 9.17) is 4.74 Å². The molecule has 2 heterocycles. The Morgan fingerprint density at radius 2 is 2.00 bits per heavy atom. The lowest BCUT2D eigenvalue weighted by Crippen LogP contribution is -2.34. The molecule has 1 fully saturated rings. The van der Waals surface area contributed by atoms with E-state index in [0.29, 0.717) is 5.39 Å². The predicted molar refractivity (Wildman–Crippen MR) is 68.2 cm³/mol. The van der Waals surface area contributed by atoms with Gasteiger partial charge in [0.25, 0.3) is 0 Å². The van der Waals surface area contributed by atoms with Gasteiger partial charge in [-0.15, -0.1) is 0 Å². The molecular weight excluding hydrogens is 250 g/mol. The van der Waals surface area contributed by atoms with Crippen LogP contribution in [0.3, 0.4) is 0 Å². The number of benzene rings is 1. The molecule has 1 aromatic carbocycles. The van der Waals surface area contributed by atoms with Gasteiger partial charge >= 0.3 is 0 Å². The van der Waals surface area contributed by atoms with Crippen molar-refractivity contribution in [2.24, 2.45) is 0 Å². The molecule has 3 nitrogen and oxygen atoms in total. The zero-order chi connectivity index (χ0) is 13.2.